The van der Waals surface area contributed by atoms with E-state index in [9.17, 15) is 18.5 Å². The highest BCUT2D eigenvalue weighted by Crippen LogP contribution is 2.26. The van der Waals surface area contributed by atoms with Gasteiger partial charge in [0, 0.05) is 44.4 Å². The van der Waals surface area contributed by atoms with E-state index in [0.717, 1.165) is 18.9 Å². The molecule has 3 rings (SSSR count). The summed E-state index contributed by atoms with van der Waals surface area (Å²) in [5.41, 5.74) is 0.275. The van der Waals surface area contributed by atoms with Crippen LogP contribution in [0, 0.1) is 17.0 Å². The number of nitro groups is 1. The number of nitrogens with zero attached hydrogens (tertiary/aromatic N) is 3. The molecule has 25 heavy (non-hydrogen) atoms. The van der Waals surface area contributed by atoms with Gasteiger partial charge in [-0.1, -0.05) is 6.07 Å². The first-order valence-corrected chi connectivity index (χ1v) is 9.94. The quantitative estimate of drug-likeness (QED) is 0.474. The smallest absolute Gasteiger partial charge is 0.270 e. The number of nitro benzene ring substituents is 1. The Morgan fingerprint density at radius 1 is 1.28 bits per heavy atom. The number of rotatable bonds is 4. The summed E-state index contributed by atoms with van der Waals surface area (Å²) in [5.74, 6) is 0. The Hall–Kier alpha value is -1.78. The summed E-state index contributed by atoms with van der Waals surface area (Å²) in [6.45, 7) is 3.26. The second-order valence-corrected chi connectivity index (χ2v) is 8.61. The third-order valence-corrected chi connectivity index (χ3v) is 6.85. The Morgan fingerprint density at radius 3 is 2.48 bits per heavy atom. The number of piperazine rings is 1. The van der Waals surface area contributed by atoms with Crippen molar-refractivity contribution in [1.29, 1.82) is 0 Å². The van der Waals surface area contributed by atoms with Gasteiger partial charge < -0.3 is 10.2 Å². The zero-order chi connectivity index (χ0) is 18.2. The molecular weight excluding hydrogens is 364 g/mol. The van der Waals surface area contributed by atoms with Crippen LogP contribution in [0.4, 0.5) is 5.69 Å². The summed E-state index contributed by atoms with van der Waals surface area (Å²) in [4.78, 5) is 12.3. The molecule has 0 spiro atoms. The van der Waals surface area contributed by atoms with Gasteiger partial charge in [-0.25, -0.2) is 8.42 Å². The second kappa shape index (κ2) is 6.85. The molecule has 0 atom stereocenters. The highest BCUT2D eigenvalue weighted by molar-refractivity contribution is 7.89. The van der Waals surface area contributed by atoms with Gasteiger partial charge in [0.2, 0.25) is 10.0 Å². The van der Waals surface area contributed by atoms with Gasteiger partial charge in [0.05, 0.1) is 9.82 Å². The van der Waals surface area contributed by atoms with E-state index in [1.54, 1.807) is 6.92 Å². The van der Waals surface area contributed by atoms with E-state index >= 15 is 0 Å². The number of benzene rings is 1. The van der Waals surface area contributed by atoms with Crippen molar-refractivity contribution >= 4 is 33.0 Å². The minimum Gasteiger partial charge on any atom is -0.360 e. The van der Waals surface area contributed by atoms with Crippen LogP contribution in [0.15, 0.2) is 23.1 Å². The van der Waals surface area contributed by atoms with Crippen molar-refractivity contribution in [3.05, 3.63) is 33.9 Å². The van der Waals surface area contributed by atoms with Crippen molar-refractivity contribution in [2.45, 2.75) is 30.7 Å². The minimum absolute atomic E-state index is 0.00571. The fourth-order valence-electron chi connectivity index (χ4n) is 2.74. The van der Waals surface area contributed by atoms with Crippen LogP contribution in [0.3, 0.4) is 0 Å². The Kier molecular flexibility index (Phi) is 4.94. The van der Waals surface area contributed by atoms with Crippen LogP contribution in [0.5, 0.6) is 0 Å². The maximum Gasteiger partial charge on any atom is 0.270 e. The Balaban J connectivity index is 1.72. The highest BCUT2D eigenvalue weighted by atomic mass is 32.2. The van der Waals surface area contributed by atoms with Crippen LogP contribution in [0.2, 0.25) is 0 Å². The summed E-state index contributed by atoms with van der Waals surface area (Å²) in [7, 11) is -3.77. The summed E-state index contributed by atoms with van der Waals surface area (Å²) in [6.07, 6.45) is 2.25. The summed E-state index contributed by atoms with van der Waals surface area (Å²) in [5, 5.41) is 14.9. The lowest BCUT2D eigenvalue weighted by Gasteiger charge is -2.35. The molecule has 2 aliphatic rings. The molecule has 0 bridgehead atoms. The number of nitrogens with one attached hydrogen (secondary N) is 1. The van der Waals surface area contributed by atoms with Gasteiger partial charge in [0.1, 0.15) is 0 Å². The van der Waals surface area contributed by atoms with E-state index in [2.05, 4.69) is 5.32 Å². The molecule has 1 aromatic rings. The summed E-state index contributed by atoms with van der Waals surface area (Å²) >= 11 is 5.35. The largest absolute Gasteiger partial charge is 0.360 e. The van der Waals surface area contributed by atoms with Crippen molar-refractivity contribution in [3.8, 4) is 0 Å². The molecule has 136 valence electrons. The molecule has 1 aromatic carbocycles. The lowest BCUT2D eigenvalue weighted by Crippen LogP contribution is -2.53. The maximum absolute atomic E-state index is 12.9. The molecule has 10 heteroatoms. The molecule has 8 nitrogen and oxygen atoms in total. The van der Waals surface area contributed by atoms with Gasteiger partial charge >= 0.3 is 0 Å². The van der Waals surface area contributed by atoms with Crippen molar-refractivity contribution in [1.82, 2.24) is 14.5 Å². The minimum atomic E-state index is -3.77. The summed E-state index contributed by atoms with van der Waals surface area (Å²) in [6, 6.07) is 4.38. The monoisotopic (exact) mass is 384 g/mol. The molecular formula is C15H20N4O4S2. The van der Waals surface area contributed by atoms with Crippen LogP contribution in [-0.2, 0) is 10.0 Å². The first kappa shape index (κ1) is 18.0. The lowest BCUT2D eigenvalue weighted by atomic mass is 10.2. The lowest BCUT2D eigenvalue weighted by molar-refractivity contribution is -0.385. The molecule has 0 radical (unpaired) electrons. The maximum atomic E-state index is 12.9. The number of aryl methyl sites for hydroxylation is 1. The van der Waals surface area contributed by atoms with Crippen molar-refractivity contribution in [2.75, 3.05) is 26.2 Å². The Labute approximate surface area is 152 Å². The van der Waals surface area contributed by atoms with E-state index in [4.69, 9.17) is 12.2 Å². The predicted octanol–water partition coefficient (Wildman–Crippen LogP) is 1.25. The van der Waals surface area contributed by atoms with Gasteiger partial charge in [-0.05, 0) is 37.5 Å². The van der Waals surface area contributed by atoms with E-state index in [0.29, 0.717) is 42.9 Å². The van der Waals surface area contributed by atoms with Crippen molar-refractivity contribution in [3.63, 3.8) is 0 Å². The number of non-ortho nitro benzene ring substituents is 1. The van der Waals surface area contributed by atoms with Gasteiger partial charge in [0.25, 0.3) is 5.69 Å². The van der Waals surface area contributed by atoms with Crippen LogP contribution >= 0.6 is 12.2 Å². The van der Waals surface area contributed by atoms with Crippen LogP contribution < -0.4 is 5.32 Å². The molecule has 1 aliphatic heterocycles. The molecule has 1 heterocycles. The average Bonchev–Trinajstić information content (AvgIpc) is 3.39. The number of hydrogen-bond acceptors (Lipinski definition) is 5. The topological polar surface area (TPSA) is 95.8 Å². The van der Waals surface area contributed by atoms with Crippen LogP contribution in [0.1, 0.15) is 18.4 Å². The number of thiocarbonyl (C=S) groups is 1. The molecule has 1 N–H and O–H groups in total. The summed E-state index contributed by atoms with van der Waals surface area (Å²) < 4.78 is 27.1. The van der Waals surface area contributed by atoms with Crippen molar-refractivity contribution < 1.29 is 13.3 Å². The van der Waals surface area contributed by atoms with E-state index in [1.165, 1.54) is 16.4 Å². The second-order valence-electron chi connectivity index (χ2n) is 6.32. The first-order chi connectivity index (χ1) is 11.8. The van der Waals surface area contributed by atoms with E-state index < -0.39 is 14.9 Å². The first-order valence-electron chi connectivity index (χ1n) is 8.09. The molecule has 1 saturated carbocycles. The van der Waals surface area contributed by atoms with E-state index in [-0.39, 0.29) is 10.6 Å². The Morgan fingerprint density at radius 2 is 1.92 bits per heavy atom. The highest BCUT2D eigenvalue weighted by Gasteiger charge is 2.32. The van der Waals surface area contributed by atoms with Gasteiger partial charge in [0.15, 0.2) is 5.11 Å². The molecule has 1 saturated heterocycles. The van der Waals surface area contributed by atoms with Crippen LogP contribution in [-0.4, -0.2) is 59.9 Å². The number of hydrogen-bond donors (Lipinski definition) is 1. The average molecular weight is 384 g/mol. The SMILES string of the molecule is Cc1ccc([N+](=O)[O-])cc1S(=O)(=O)N1CCN(C(=S)NC2CC2)CC1. The van der Waals surface area contributed by atoms with Gasteiger partial charge in [-0.15, -0.1) is 0 Å². The molecule has 0 aromatic heterocycles. The zero-order valence-corrected chi connectivity index (χ0v) is 15.5. The Bertz CT molecular complexity index is 800. The standard InChI is InChI=1S/C15H20N4O4S2/c1-11-2-5-13(19(20)21)10-14(11)25(22,23)18-8-6-17(7-9-18)15(24)16-12-3-4-12/h2,5,10,12H,3-4,6-9H2,1H3,(H,16,24). The normalized spacial score (nSPS) is 18.8. The molecule has 2 fully saturated rings. The molecule has 0 amide bonds. The fourth-order valence-corrected chi connectivity index (χ4v) is 4.76. The van der Waals surface area contributed by atoms with Gasteiger partial charge in [-0.2, -0.15) is 4.31 Å². The third-order valence-electron chi connectivity index (χ3n) is 4.43. The molecule has 0 unspecified atom stereocenters. The van der Waals surface area contributed by atoms with E-state index in [1.807, 2.05) is 4.90 Å². The van der Waals surface area contributed by atoms with Gasteiger partial charge in [-0.3, -0.25) is 10.1 Å². The van der Waals surface area contributed by atoms with Crippen molar-refractivity contribution in [2.24, 2.45) is 0 Å². The zero-order valence-electron chi connectivity index (χ0n) is 13.8. The fraction of sp³-hybridized carbons (Fsp3) is 0.533. The van der Waals surface area contributed by atoms with Crippen LogP contribution in [0.25, 0.3) is 0 Å². The predicted molar refractivity (Wildman–Crippen MR) is 96.9 cm³/mol. The molecule has 1 aliphatic carbocycles. The third kappa shape index (κ3) is 3.91. The number of sulfonamides is 1.